The smallest absolute Gasteiger partial charge is 0.234 e. The van der Waals surface area contributed by atoms with Gasteiger partial charge in [0.1, 0.15) is 10.7 Å². The third kappa shape index (κ3) is 3.70. The number of hydrogen-bond acceptors (Lipinski definition) is 6. The molecule has 0 fully saturated rings. The molecule has 1 amide bonds. The summed E-state index contributed by atoms with van der Waals surface area (Å²) in [7, 11) is 0. The highest BCUT2D eigenvalue weighted by Gasteiger charge is 2.21. The number of thiophene rings is 1. The first kappa shape index (κ1) is 20.8. The van der Waals surface area contributed by atoms with E-state index in [1.165, 1.54) is 27.8 Å². The number of anilines is 1. The van der Waals surface area contributed by atoms with Gasteiger partial charge in [-0.3, -0.25) is 9.20 Å². The Labute approximate surface area is 184 Å². The number of benzene rings is 1. The van der Waals surface area contributed by atoms with Crippen LogP contribution in [0.2, 0.25) is 0 Å². The van der Waals surface area contributed by atoms with Crippen LogP contribution in [0.3, 0.4) is 0 Å². The Morgan fingerprint density at radius 3 is 2.63 bits per heavy atom. The molecule has 4 rings (SSSR count). The van der Waals surface area contributed by atoms with E-state index < -0.39 is 0 Å². The highest BCUT2D eigenvalue weighted by Crippen LogP contribution is 2.34. The van der Waals surface area contributed by atoms with Crippen LogP contribution in [0.15, 0.2) is 23.4 Å². The van der Waals surface area contributed by atoms with Gasteiger partial charge in [-0.25, -0.2) is 4.98 Å². The maximum Gasteiger partial charge on any atom is 0.234 e. The molecule has 8 heteroatoms. The van der Waals surface area contributed by atoms with Gasteiger partial charge in [-0.15, -0.1) is 21.5 Å². The lowest BCUT2D eigenvalue weighted by Gasteiger charge is -2.11. The Morgan fingerprint density at radius 2 is 1.93 bits per heavy atom. The molecule has 3 heterocycles. The van der Waals surface area contributed by atoms with Crippen LogP contribution in [0.1, 0.15) is 47.2 Å². The van der Waals surface area contributed by atoms with Gasteiger partial charge >= 0.3 is 0 Å². The summed E-state index contributed by atoms with van der Waals surface area (Å²) in [5.41, 5.74) is 5.19. The number of nitrogens with zero attached hydrogens (tertiary/aromatic N) is 4. The maximum atomic E-state index is 12.5. The molecule has 0 aliphatic carbocycles. The van der Waals surface area contributed by atoms with Gasteiger partial charge in [-0.05, 0) is 56.5 Å². The minimum atomic E-state index is -0.0669. The molecule has 0 unspecified atom stereocenters. The van der Waals surface area contributed by atoms with E-state index >= 15 is 0 Å². The second kappa shape index (κ2) is 8.00. The Balaban J connectivity index is 1.63. The number of aryl methyl sites for hydroxylation is 4. The van der Waals surface area contributed by atoms with Crippen molar-refractivity contribution in [3.63, 3.8) is 0 Å². The van der Waals surface area contributed by atoms with Gasteiger partial charge in [0, 0.05) is 16.5 Å². The number of hydrogen-bond donors (Lipinski definition) is 1. The van der Waals surface area contributed by atoms with Crippen molar-refractivity contribution in [2.24, 2.45) is 0 Å². The van der Waals surface area contributed by atoms with Crippen LogP contribution in [-0.4, -0.2) is 31.2 Å². The normalized spacial score (nSPS) is 11.7. The summed E-state index contributed by atoms with van der Waals surface area (Å²) in [4.78, 5) is 19.7. The van der Waals surface area contributed by atoms with Gasteiger partial charge in [-0.1, -0.05) is 31.7 Å². The molecule has 30 heavy (non-hydrogen) atoms. The zero-order valence-corrected chi connectivity index (χ0v) is 19.7. The second-order valence-corrected chi connectivity index (χ2v) is 10.0. The summed E-state index contributed by atoms with van der Waals surface area (Å²) in [6, 6.07) is 5.93. The molecule has 6 nitrogen and oxygen atoms in total. The standard InChI is InChI=1S/C22H25N5OS2/c1-11(2)19-24-21-18(14(5)15(6)30-21)20-25-26-22(27(19)20)29-10-17(28)23-16-8-7-12(3)13(4)9-16/h7-9,11H,10H2,1-6H3,(H,23,28). The van der Waals surface area contributed by atoms with Gasteiger partial charge in [0.05, 0.1) is 11.1 Å². The first-order valence-corrected chi connectivity index (χ1v) is 11.7. The lowest BCUT2D eigenvalue weighted by molar-refractivity contribution is -0.113. The molecule has 0 bridgehead atoms. The summed E-state index contributed by atoms with van der Waals surface area (Å²) in [5, 5.41) is 13.6. The van der Waals surface area contributed by atoms with Gasteiger partial charge in [0.25, 0.3) is 0 Å². The minimum Gasteiger partial charge on any atom is -0.325 e. The van der Waals surface area contributed by atoms with E-state index in [9.17, 15) is 4.79 Å². The van der Waals surface area contributed by atoms with Crippen LogP contribution in [0.4, 0.5) is 5.69 Å². The monoisotopic (exact) mass is 439 g/mol. The Kier molecular flexibility index (Phi) is 5.55. The number of thioether (sulfide) groups is 1. The fourth-order valence-corrected chi connectivity index (χ4v) is 5.14. The SMILES string of the molecule is Cc1ccc(NC(=O)CSc2nnc3c4c(C)c(C)sc4nc(C(C)C)n23)cc1C. The first-order chi connectivity index (χ1) is 14.3. The number of rotatable bonds is 5. The van der Waals surface area contributed by atoms with Crippen molar-refractivity contribution >= 4 is 50.6 Å². The van der Waals surface area contributed by atoms with E-state index in [1.807, 2.05) is 29.5 Å². The lowest BCUT2D eigenvalue weighted by Crippen LogP contribution is -2.14. The van der Waals surface area contributed by atoms with Crippen LogP contribution >= 0.6 is 23.1 Å². The Hall–Kier alpha value is -2.45. The fraction of sp³-hybridized carbons (Fsp3) is 0.364. The Bertz CT molecular complexity index is 1270. The van der Waals surface area contributed by atoms with Crippen molar-refractivity contribution in [1.29, 1.82) is 0 Å². The summed E-state index contributed by atoms with van der Waals surface area (Å²) >= 11 is 3.08. The molecular weight excluding hydrogens is 414 g/mol. The van der Waals surface area contributed by atoms with Crippen molar-refractivity contribution in [3.8, 4) is 0 Å². The number of fused-ring (bicyclic) bond motifs is 3. The number of carbonyl (C=O) groups excluding carboxylic acids is 1. The zero-order valence-electron chi connectivity index (χ0n) is 18.0. The summed E-state index contributed by atoms with van der Waals surface area (Å²) in [6.07, 6.45) is 0. The van der Waals surface area contributed by atoms with Crippen LogP contribution in [0.5, 0.6) is 0 Å². The minimum absolute atomic E-state index is 0.0669. The number of nitrogens with one attached hydrogen (secondary N) is 1. The quantitative estimate of drug-likeness (QED) is 0.420. The van der Waals surface area contributed by atoms with Crippen molar-refractivity contribution in [3.05, 3.63) is 45.6 Å². The molecule has 0 radical (unpaired) electrons. The maximum absolute atomic E-state index is 12.5. The van der Waals surface area contributed by atoms with Crippen molar-refractivity contribution in [2.75, 3.05) is 11.1 Å². The van der Waals surface area contributed by atoms with E-state index in [2.05, 4.69) is 50.1 Å². The molecule has 0 atom stereocenters. The van der Waals surface area contributed by atoms with E-state index in [0.717, 1.165) is 32.9 Å². The largest absolute Gasteiger partial charge is 0.325 e. The van der Waals surface area contributed by atoms with E-state index in [1.54, 1.807) is 11.3 Å². The van der Waals surface area contributed by atoms with Crippen LogP contribution in [-0.2, 0) is 4.79 Å². The molecule has 156 valence electrons. The zero-order chi connectivity index (χ0) is 21.6. The van der Waals surface area contributed by atoms with Crippen molar-refractivity contribution in [1.82, 2.24) is 19.6 Å². The molecule has 1 aromatic carbocycles. The molecule has 0 saturated heterocycles. The van der Waals surface area contributed by atoms with Crippen molar-refractivity contribution in [2.45, 2.75) is 52.6 Å². The molecule has 0 spiro atoms. The summed E-state index contributed by atoms with van der Waals surface area (Å²) < 4.78 is 2.01. The third-order valence-corrected chi connectivity index (χ3v) is 7.34. The molecule has 3 aromatic heterocycles. The Morgan fingerprint density at radius 1 is 1.17 bits per heavy atom. The molecule has 4 aromatic rings. The average Bonchev–Trinajstić information content (AvgIpc) is 3.23. The molecule has 1 N–H and O–H groups in total. The second-order valence-electron chi connectivity index (χ2n) is 7.87. The van der Waals surface area contributed by atoms with Crippen LogP contribution in [0, 0.1) is 27.7 Å². The molecule has 0 aliphatic heterocycles. The molecular formula is C22H25N5OS2. The van der Waals surface area contributed by atoms with Gasteiger partial charge in [-0.2, -0.15) is 0 Å². The number of aromatic nitrogens is 4. The third-order valence-electron chi connectivity index (χ3n) is 5.31. The van der Waals surface area contributed by atoms with Crippen LogP contribution in [0.25, 0.3) is 15.9 Å². The van der Waals surface area contributed by atoms with E-state index in [4.69, 9.17) is 4.98 Å². The summed E-state index contributed by atoms with van der Waals surface area (Å²) in [5.74, 6) is 1.31. The topological polar surface area (TPSA) is 72.2 Å². The van der Waals surface area contributed by atoms with Crippen molar-refractivity contribution < 1.29 is 4.79 Å². The van der Waals surface area contributed by atoms with Gasteiger partial charge < -0.3 is 5.32 Å². The number of carbonyl (C=O) groups is 1. The molecule has 0 aliphatic rings. The number of amides is 1. The highest BCUT2D eigenvalue weighted by molar-refractivity contribution is 7.99. The van der Waals surface area contributed by atoms with E-state index in [-0.39, 0.29) is 17.6 Å². The lowest BCUT2D eigenvalue weighted by atomic mass is 10.1. The van der Waals surface area contributed by atoms with Gasteiger partial charge in [0.15, 0.2) is 10.8 Å². The van der Waals surface area contributed by atoms with E-state index in [0.29, 0.717) is 5.16 Å². The van der Waals surface area contributed by atoms with Gasteiger partial charge in [0.2, 0.25) is 5.91 Å². The van der Waals surface area contributed by atoms with Crippen LogP contribution < -0.4 is 5.32 Å². The predicted molar refractivity (Wildman–Crippen MR) is 125 cm³/mol. The fourth-order valence-electron chi connectivity index (χ4n) is 3.37. The predicted octanol–water partition coefficient (Wildman–Crippen LogP) is 5.43. The molecule has 0 saturated carbocycles. The average molecular weight is 440 g/mol. The highest BCUT2D eigenvalue weighted by atomic mass is 32.2. The first-order valence-electron chi connectivity index (χ1n) is 9.91. The summed E-state index contributed by atoms with van der Waals surface area (Å²) in [6.45, 7) is 12.5.